The number of nitrogens with one attached hydrogen (secondary N) is 1. The fourth-order valence-electron chi connectivity index (χ4n) is 3.32. The van der Waals surface area contributed by atoms with Crippen LogP contribution in [0.5, 0.6) is 0 Å². The maximum Gasteiger partial charge on any atom is 0.430 e. The summed E-state index contributed by atoms with van der Waals surface area (Å²) in [6.07, 6.45) is -7.43. The number of piperidine rings is 1. The monoisotopic (exact) mass is 425 g/mol. The summed E-state index contributed by atoms with van der Waals surface area (Å²) in [6.45, 7) is 3.72. The Morgan fingerprint density at radius 2 is 1.52 bits per heavy atom. The van der Waals surface area contributed by atoms with Gasteiger partial charge in [0.25, 0.3) is 5.60 Å². The third kappa shape index (κ3) is 4.79. The Labute approximate surface area is 165 Å². The third-order valence-corrected chi connectivity index (χ3v) is 5.06. The van der Waals surface area contributed by atoms with E-state index in [1.54, 1.807) is 4.90 Å². The zero-order valence-electron chi connectivity index (χ0n) is 16.1. The number of aliphatic hydroxyl groups is 1. The Kier molecular flexibility index (Phi) is 7.08. The van der Waals surface area contributed by atoms with Gasteiger partial charge < -0.3 is 14.9 Å². The smallest absolute Gasteiger partial charge is 0.369 e. The minimum absolute atomic E-state index is 0.174. The molecule has 0 aliphatic carbocycles. The van der Waals surface area contributed by atoms with Gasteiger partial charge in [0, 0.05) is 30.9 Å². The van der Waals surface area contributed by atoms with Gasteiger partial charge in [0.1, 0.15) is 0 Å². The van der Waals surface area contributed by atoms with Crippen LogP contribution in [-0.4, -0.2) is 48.0 Å². The minimum Gasteiger partial charge on any atom is -0.369 e. The number of benzene rings is 1. The van der Waals surface area contributed by atoms with E-state index >= 15 is 0 Å². The molecule has 0 bridgehead atoms. The molecule has 29 heavy (non-hydrogen) atoms. The van der Waals surface area contributed by atoms with E-state index in [0.717, 1.165) is 37.8 Å². The van der Waals surface area contributed by atoms with Gasteiger partial charge in [-0.3, -0.25) is 5.41 Å². The van der Waals surface area contributed by atoms with Crippen LogP contribution in [0, 0.1) is 5.41 Å². The van der Waals surface area contributed by atoms with E-state index < -0.39 is 23.5 Å². The molecule has 164 valence electrons. The number of guanidine groups is 1. The van der Waals surface area contributed by atoms with Crippen molar-refractivity contribution in [2.24, 2.45) is 0 Å². The molecule has 0 aromatic heterocycles. The molecule has 1 fully saturated rings. The van der Waals surface area contributed by atoms with Crippen LogP contribution in [-0.2, 0) is 5.60 Å². The van der Waals surface area contributed by atoms with Gasteiger partial charge in [-0.1, -0.05) is 25.5 Å². The normalized spacial score (nSPS) is 16.1. The molecule has 2 N–H and O–H groups in total. The lowest BCUT2D eigenvalue weighted by Crippen LogP contribution is -2.53. The highest BCUT2D eigenvalue weighted by atomic mass is 19.4. The number of hydrogen-bond acceptors (Lipinski definition) is 2. The molecule has 0 unspecified atom stereocenters. The summed E-state index contributed by atoms with van der Waals surface area (Å²) in [4.78, 5) is 3.44. The van der Waals surface area contributed by atoms with Gasteiger partial charge >= 0.3 is 12.4 Å². The number of anilines is 1. The summed E-state index contributed by atoms with van der Waals surface area (Å²) in [7, 11) is 0. The Morgan fingerprint density at radius 3 is 1.97 bits per heavy atom. The molecule has 0 saturated carbocycles. The first-order valence-electron chi connectivity index (χ1n) is 9.51. The fourth-order valence-corrected chi connectivity index (χ4v) is 3.32. The van der Waals surface area contributed by atoms with E-state index in [0.29, 0.717) is 43.9 Å². The molecule has 2 rings (SSSR count). The zero-order valence-corrected chi connectivity index (χ0v) is 16.1. The van der Waals surface area contributed by atoms with Crippen molar-refractivity contribution >= 4 is 11.6 Å². The van der Waals surface area contributed by atoms with Crippen LogP contribution in [0.15, 0.2) is 24.3 Å². The van der Waals surface area contributed by atoms with E-state index in [4.69, 9.17) is 5.41 Å². The largest absolute Gasteiger partial charge is 0.430 e. The number of hydrogen-bond donors (Lipinski definition) is 2. The van der Waals surface area contributed by atoms with Crippen LogP contribution < -0.4 is 4.90 Å². The number of alkyl halides is 6. The Bertz CT molecular complexity index is 667. The van der Waals surface area contributed by atoms with Gasteiger partial charge in [0.2, 0.25) is 0 Å². The van der Waals surface area contributed by atoms with Gasteiger partial charge in [-0.2, -0.15) is 26.3 Å². The lowest BCUT2D eigenvalue weighted by molar-refractivity contribution is -0.376. The van der Waals surface area contributed by atoms with E-state index in [-0.39, 0.29) is 5.96 Å². The number of rotatable bonds is 5. The topological polar surface area (TPSA) is 50.6 Å². The molecule has 1 aromatic rings. The van der Waals surface area contributed by atoms with Crippen LogP contribution >= 0.6 is 0 Å². The van der Waals surface area contributed by atoms with Crippen molar-refractivity contribution in [1.29, 1.82) is 5.41 Å². The Morgan fingerprint density at radius 1 is 1.00 bits per heavy atom. The summed E-state index contributed by atoms with van der Waals surface area (Å²) < 4.78 is 78.4. The first-order valence-corrected chi connectivity index (χ1v) is 9.51. The van der Waals surface area contributed by atoms with Crippen molar-refractivity contribution in [2.45, 2.75) is 57.0 Å². The Hall–Kier alpha value is -1.97. The molecule has 1 heterocycles. The fraction of sp³-hybridized carbons (Fsp3) is 0.632. The summed E-state index contributed by atoms with van der Waals surface area (Å²) in [5.74, 6) is 0.174. The van der Waals surface area contributed by atoms with Crippen LogP contribution in [0.4, 0.5) is 32.0 Å². The van der Waals surface area contributed by atoms with E-state index in [1.165, 1.54) is 0 Å². The first-order chi connectivity index (χ1) is 13.4. The van der Waals surface area contributed by atoms with Crippen molar-refractivity contribution in [1.82, 2.24) is 4.90 Å². The first kappa shape index (κ1) is 23.3. The third-order valence-electron chi connectivity index (χ3n) is 5.06. The SMILES string of the molecule is CCCCN(C(=N)N1CCCCC1)c1ccc(C(O)(C(F)(F)F)C(F)(F)F)cc1. The molecule has 1 saturated heterocycles. The maximum absolute atomic E-state index is 13.1. The van der Waals surface area contributed by atoms with Gasteiger partial charge in [0.15, 0.2) is 5.96 Å². The van der Waals surface area contributed by atoms with Crippen molar-refractivity contribution < 1.29 is 31.4 Å². The van der Waals surface area contributed by atoms with E-state index in [2.05, 4.69) is 0 Å². The highest BCUT2D eigenvalue weighted by Crippen LogP contribution is 2.50. The van der Waals surface area contributed by atoms with Gasteiger partial charge in [-0.25, -0.2) is 0 Å². The molecule has 0 spiro atoms. The van der Waals surface area contributed by atoms with Crippen molar-refractivity contribution in [3.63, 3.8) is 0 Å². The van der Waals surface area contributed by atoms with Gasteiger partial charge in [-0.05, 0) is 37.8 Å². The molecular formula is C19H25F6N3O. The standard InChI is InChI=1S/C19H25F6N3O/c1-2-3-13-28(16(26)27-11-5-4-6-12-27)15-9-7-14(8-10-15)17(29,18(20,21)22)19(23,24)25/h7-10,26,29H,2-6,11-13H2,1H3. The summed E-state index contributed by atoms with van der Waals surface area (Å²) in [6, 6.07) is 3.43. The van der Waals surface area contributed by atoms with Crippen LogP contribution in [0.1, 0.15) is 44.6 Å². The van der Waals surface area contributed by atoms with Gasteiger partial charge in [-0.15, -0.1) is 0 Å². The predicted octanol–water partition coefficient (Wildman–Crippen LogP) is 5.03. The average Bonchev–Trinajstić information content (AvgIpc) is 2.67. The number of nitrogens with zero attached hydrogens (tertiary/aromatic N) is 2. The molecule has 0 radical (unpaired) electrons. The maximum atomic E-state index is 13.1. The molecule has 4 nitrogen and oxygen atoms in total. The molecule has 0 atom stereocenters. The molecular weight excluding hydrogens is 400 g/mol. The van der Waals surface area contributed by atoms with Crippen LogP contribution in [0.25, 0.3) is 0 Å². The second-order valence-corrected chi connectivity index (χ2v) is 7.13. The molecule has 1 aromatic carbocycles. The van der Waals surface area contributed by atoms with Crippen LogP contribution in [0.2, 0.25) is 0 Å². The lowest BCUT2D eigenvalue weighted by Gasteiger charge is -2.36. The highest BCUT2D eigenvalue weighted by molar-refractivity contribution is 5.93. The second-order valence-electron chi connectivity index (χ2n) is 7.13. The number of halogens is 6. The van der Waals surface area contributed by atoms with Crippen molar-refractivity contribution in [3.8, 4) is 0 Å². The van der Waals surface area contributed by atoms with E-state index in [9.17, 15) is 31.4 Å². The molecule has 1 aliphatic heterocycles. The van der Waals surface area contributed by atoms with Crippen molar-refractivity contribution in [2.75, 3.05) is 24.5 Å². The minimum atomic E-state index is -5.92. The lowest BCUT2D eigenvalue weighted by atomic mass is 9.92. The van der Waals surface area contributed by atoms with Crippen molar-refractivity contribution in [3.05, 3.63) is 29.8 Å². The predicted molar refractivity (Wildman–Crippen MR) is 97.9 cm³/mol. The second kappa shape index (κ2) is 8.81. The average molecular weight is 425 g/mol. The van der Waals surface area contributed by atoms with Crippen LogP contribution in [0.3, 0.4) is 0 Å². The summed E-state index contributed by atoms with van der Waals surface area (Å²) >= 11 is 0. The number of likely N-dealkylation sites (tertiary alicyclic amines) is 1. The number of unbranched alkanes of at least 4 members (excludes halogenated alkanes) is 1. The molecule has 0 amide bonds. The highest BCUT2D eigenvalue weighted by Gasteiger charge is 2.71. The summed E-state index contributed by atoms with van der Waals surface area (Å²) in [5, 5.41) is 18.0. The molecule has 1 aliphatic rings. The van der Waals surface area contributed by atoms with Gasteiger partial charge in [0.05, 0.1) is 0 Å². The van der Waals surface area contributed by atoms with E-state index in [1.807, 2.05) is 11.8 Å². The summed E-state index contributed by atoms with van der Waals surface area (Å²) in [5.41, 5.74) is -5.95. The molecule has 10 heteroatoms. The Balaban J connectivity index is 2.36. The quantitative estimate of drug-likeness (QED) is 0.396. The zero-order chi connectivity index (χ0) is 21.9.